The number of halogens is 2. The van der Waals surface area contributed by atoms with Crippen molar-refractivity contribution in [1.82, 2.24) is 4.98 Å². The summed E-state index contributed by atoms with van der Waals surface area (Å²) in [5.74, 6) is 0.475. The molecule has 0 amide bonds. The first-order chi connectivity index (χ1) is 9.25. The van der Waals surface area contributed by atoms with Crippen LogP contribution in [0.2, 0.25) is 5.15 Å². The zero-order chi connectivity index (χ0) is 13.2. The second-order valence-corrected chi connectivity index (χ2v) is 5.40. The second kappa shape index (κ2) is 5.33. The molecule has 0 aliphatic carbocycles. The van der Waals surface area contributed by atoms with Crippen molar-refractivity contribution in [3.05, 3.63) is 35.2 Å². The molecule has 1 fully saturated rings. The molecule has 1 aliphatic rings. The summed E-state index contributed by atoms with van der Waals surface area (Å²) in [4.78, 5) is 6.55. The zero-order valence-corrected chi connectivity index (χ0v) is 11.5. The Morgan fingerprint density at radius 3 is 2.58 bits per heavy atom. The Morgan fingerprint density at radius 2 is 1.84 bits per heavy atom. The highest BCUT2D eigenvalue weighted by atomic mass is 35.5. The van der Waals surface area contributed by atoms with Crippen LogP contribution >= 0.6 is 11.6 Å². The predicted molar refractivity (Wildman–Crippen MR) is 77.4 cm³/mol. The Kier molecular flexibility index (Phi) is 3.56. The number of anilines is 1. The van der Waals surface area contributed by atoms with E-state index in [9.17, 15) is 4.39 Å². The maximum atomic E-state index is 14.1. The maximum Gasteiger partial charge on any atom is 0.141 e. The number of nitrogens with zero attached hydrogens (tertiary/aromatic N) is 2. The van der Waals surface area contributed by atoms with Gasteiger partial charge in [-0.25, -0.2) is 9.37 Å². The van der Waals surface area contributed by atoms with Crippen molar-refractivity contribution < 1.29 is 4.39 Å². The third kappa shape index (κ3) is 2.52. The molecule has 0 unspecified atom stereocenters. The van der Waals surface area contributed by atoms with Crippen LogP contribution in [0.1, 0.15) is 25.7 Å². The molecule has 2 nitrogen and oxygen atoms in total. The fourth-order valence-corrected chi connectivity index (χ4v) is 2.92. The summed E-state index contributed by atoms with van der Waals surface area (Å²) in [5, 5.41) is 1.84. The van der Waals surface area contributed by atoms with Crippen molar-refractivity contribution in [1.29, 1.82) is 0 Å². The molecule has 0 bridgehead atoms. The molecule has 0 radical (unpaired) electrons. The van der Waals surface area contributed by atoms with Gasteiger partial charge in [0.05, 0.1) is 5.39 Å². The Morgan fingerprint density at radius 1 is 1.11 bits per heavy atom. The Bertz CT molecular complexity index is 592. The number of fused-ring (bicyclic) bond motifs is 1. The number of hydrogen-bond acceptors (Lipinski definition) is 2. The molecule has 1 aliphatic heterocycles. The molecule has 19 heavy (non-hydrogen) atoms. The van der Waals surface area contributed by atoms with Gasteiger partial charge in [-0.2, -0.15) is 0 Å². The van der Waals surface area contributed by atoms with Crippen LogP contribution in [0.3, 0.4) is 0 Å². The summed E-state index contributed by atoms with van der Waals surface area (Å²) in [6.45, 7) is 1.85. The third-order valence-corrected chi connectivity index (χ3v) is 3.86. The van der Waals surface area contributed by atoms with E-state index in [4.69, 9.17) is 11.6 Å². The molecule has 1 aromatic carbocycles. The molecule has 2 aromatic rings. The monoisotopic (exact) mass is 278 g/mol. The van der Waals surface area contributed by atoms with Gasteiger partial charge in [-0.05, 0) is 30.4 Å². The molecule has 0 saturated carbocycles. The summed E-state index contributed by atoms with van der Waals surface area (Å²) in [5.41, 5.74) is 0. The molecule has 0 spiro atoms. The standard InChI is InChI=1S/C15H16ClFN2/c16-13-10-11-6-5-7-12(17)14(11)15(18-13)19-8-3-1-2-4-9-19/h5-7,10H,1-4,8-9H2. The molecule has 1 saturated heterocycles. The largest absolute Gasteiger partial charge is 0.356 e. The van der Waals surface area contributed by atoms with Gasteiger partial charge in [0.1, 0.15) is 16.8 Å². The van der Waals surface area contributed by atoms with E-state index >= 15 is 0 Å². The number of aromatic nitrogens is 1. The summed E-state index contributed by atoms with van der Waals surface area (Å²) in [7, 11) is 0. The van der Waals surface area contributed by atoms with E-state index in [0.717, 1.165) is 31.3 Å². The van der Waals surface area contributed by atoms with Crippen molar-refractivity contribution in [2.24, 2.45) is 0 Å². The summed E-state index contributed by atoms with van der Waals surface area (Å²) >= 11 is 6.08. The van der Waals surface area contributed by atoms with Crippen LogP contribution in [-0.4, -0.2) is 18.1 Å². The SMILES string of the molecule is Fc1cccc2cc(Cl)nc(N3CCCCCC3)c12. The number of pyridine rings is 1. The highest BCUT2D eigenvalue weighted by Crippen LogP contribution is 2.31. The van der Waals surface area contributed by atoms with Gasteiger partial charge in [0, 0.05) is 13.1 Å². The highest BCUT2D eigenvalue weighted by Gasteiger charge is 2.17. The van der Waals surface area contributed by atoms with E-state index in [1.807, 2.05) is 6.07 Å². The summed E-state index contributed by atoms with van der Waals surface area (Å²) in [6.07, 6.45) is 4.73. The van der Waals surface area contributed by atoms with Gasteiger partial charge >= 0.3 is 0 Å². The minimum atomic E-state index is -0.221. The molecule has 0 atom stereocenters. The Labute approximate surface area is 117 Å². The van der Waals surface area contributed by atoms with Crippen molar-refractivity contribution in [3.63, 3.8) is 0 Å². The lowest BCUT2D eigenvalue weighted by Crippen LogP contribution is -2.25. The van der Waals surface area contributed by atoms with Crippen LogP contribution < -0.4 is 4.90 Å². The van der Waals surface area contributed by atoms with Crippen LogP contribution in [0, 0.1) is 5.82 Å². The molecule has 3 rings (SSSR count). The van der Waals surface area contributed by atoms with E-state index in [2.05, 4.69) is 9.88 Å². The normalized spacial score (nSPS) is 16.6. The first-order valence-electron chi connectivity index (χ1n) is 6.75. The van der Waals surface area contributed by atoms with Gasteiger partial charge < -0.3 is 4.90 Å². The van der Waals surface area contributed by atoms with Crippen molar-refractivity contribution >= 4 is 28.2 Å². The second-order valence-electron chi connectivity index (χ2n) is 5.01. The highest BCUT2D eigenvalue weighted by molar-refractivity contribution is 6.30. The third-order valence-electron chi connectivity index (χ3n) is 3.66. The smallest absolute Gasteiger partial charge is 0.141 e. The topological polar surface area (TPSA) is 16.1 Å². The average Bonchev–Trinajstić information content (AvgIpc) is 2.66. The molecule has 4 heteroatoms. The zero-order valence-electron chi connectivity index (χ0n) is 10.7. The lowest BCUT2D eigenvalue weighted by molar-refractivity contribution is 0.638. The minimum Gasteiger partial charge on any atom is -0.356 e. The van der Waals surface area contributed by atoms with E-state index < -0.39 is 0 Å². The summed E-state index contributed by atoms with van der Waals surface area (Å²) < 4.78 is 14.1. The summed E-state index contributed by atoms with van der Waals surface area (Å²) in [6, 6.07) is 6.80. The van der Waals surface area contributed by atoms with Crippen LogP contribution in [0.5, 0.6) is 0 Å². The number of hydrogen-bond donors (Lipinski definition) is 0. The van der Waals surface area contributed by atoms with Crippen LogP contribution in [0.4, 0.5) is 10.2 Å². The quantitative estimate of drug-likeness (QED) is 0.719. The van der Waals surface area contributed by atoms with Gasteiger partial charge in [0.15, 0.2) is 0 Å². The van der Waals surface area contributed by atoms with E-state index in [-0.39, 0.29) is 5.82 Å². The molecular formula is C15H16ClFN2. The fraction of sp³-hybridized carbons (Fsp3) is 0.400. The van der Waals surface area contributed by atoms with Gasteiger partial charge in [0.25, 0.3) is 0 Å². The number of benzene rings is 1. The predicted octanol–water partition coefficient (Wildman–Crippen LogP) is 4.41. The van der Waals surface area contributed by atoms with E-state index in [0.29, 0.717) is 16.4 Å². The van der Waals surface area contributed by atoms with Crippen LogP contribution in [-0.2, 0) is 0 Å². The lowest BCUT2D eigenvalue weighted by Gasteiger charge is -2.23. The number of rotatable bonds is 1. The fourth-order valence-electron chi connectivity index (χ4n) is 2.73. The molecule has 1 aromatic heterocycles. The molecule has 0 N–H and O–H groups in total. The Hall–Kier alpha value is -1.35. The van der Waals surface area contributed by atoms with E-state index in [1.54, 1.807) is 12.1 Å². The molecule has 100 valence electrons. The van der Waals surface area contributed by atoms with Crippen LogP contribution in [0.15, 0.2) is 24.3 Å². The van der Waals surface area contributed by atoms with E-state index in [1.165, 1.54) is 18.9 Å². The van der Waals surface area contributed by atoms with Gasteiger partial charge in [0.2, 0.25) is 0 Å². The average molecular weight is 279 g/mol. The van der Waals surface area contributed by atoms with Crippen LogP contribution in [0.25, 0.3) is 10.8 Å². The maximum absolute atomic E-state index is 14.1. The lowest BCUT2D eigenvalue weighted by atomic mass is 10.1. The molecular weight excluding hydrogens is 263 g/mol. The van der Waals surface area contributed by atoms with Gasteiger partial charge in [-0.3, -0.25) is 0 Å². The van der Waals surface area contributed by atoms with Crippen molar-refractivity contribution in [2.75, 3.05) is 18.0 Å². The Balaban J connectivity index is 2.15. The first-order valence-corrected chi connectivity index (χ1v) is 7.13. The first kappa shape index (κ1) is 12.7. The van der Waals surface area contributed by atoms with Crippen molar-refractivity contribution in [2.45, 2.75) is 25.7 Å². The van der Waals surface area contributed by atoms with Crippen molar-refractivity contribution in [3.8, 4) is 0 Å². The van der Waals surface area contributed by atoms with Gasteiger partial charge in [-0.1, -0.05) is 36.6 Å². The molecule has 2 heterocycles. The van der Waals surface area contributed by atoms with Gasteiger partial charge in [-0.15, -0.1) is 0 Å². The minimum absolute atomic E-state index is 0.221.